The van der Waals surface area contributed by atoms with E-state index < -0.39 is 11.6 Å². The SMILES string of the molecule is CN1C(=O)N(c2cc(Cl)cc(Cl)c2)C(=O)[C@]12CN(CCc1nn[nH]n1)C[C@@H]2c1ccc(C#N)cc1. The summed E-state index contributed by atoms with van der Waals surface area (Å²) in [7, 11) is 1.64. The molecule has 2 aliphatic heterocycles. The molecular weight excluding hydrogens is 491 g/mol. The van der Waals surface area contributed by atoms with Gasteiger partial charge in [0.25, 0.3) is 5.91 Å². The number of amides is 3. The molecule has 35 heavy (non-hydrogen) atoms. The molecule has 10 nitrogen and oxygen atoms in total. The number of halogens is 2. The van der Waals surface area contributed by atoms with Crippen molar-refractivity contribution in [2.75, 3.05) is 31.6 Å². The van der Waals surface area contributed by atoms with Crippen molar-refractivity contribution in [3.05, 3.63) is 69.5 Å². The smallest absolute Gasteiger partial charge is 0.310 e. The van der Waals surface area contributed by atoms with Gasteiger partial charge in [-0.1, -0.05) is 40.5 Å². The van der Waals surface area contributed by atoms with E-state index in [-0.39, 0.29) is 11.8 Å². The predicted molar refractivity (Wildman–Crippen MR) is 128 cm³/mol. The highest BCUT2D eigenvalue weighted by atomic mass is 35.5. The van der Waals surface area contributed by atoms with Gasteiger partial charge in [0, 0.05) is 49.1 Å². The average Bonchev–Trinajstić information content (AvgIpc) is 3.54. The van der Waals surface area contributed by atoms with Crippen LogP contribution in [-0.4, -0.2) is 74.6 Å². The number of nitrogens with zero attached hydrogens (tertiary/aromatic N) is 7. The van der Waals surface area contributed by atoms with Crippen molar-refractivity contribution >= 4 is 40.8 Å². The molecule has 3 aromatic rings. The van der Waals surface area contributed by atoms with E-state index in [1.807, 2.05) is 12.1 Å². The van der Waals surface area contributed by atoms with Crippen LogP contribution in [0.4, 0.5) is 10.5 Å². The number of aromatic nitrogens is 4. The van der Waals surface area contributed by atoms with Crippen molar-refractivity contribution in [2.45, 2.75) is 17.9 Å². The number of H-pyrrole nitrogens is 1. The summed E-state index contributed by atoms with van der Waals surface area (Å²) in [5.41, 5.74) is 0.555. The average molecular weight is 511 g/mol. The lowest BCUT2D eigenvalue weighted by atomic mass is 9.80. The Morgan fingerprint density at radius 1 is 1.17 bits per heavy atom. The van der Waals surface area contributed by atoms with Crippen LogP contribution in [0.2, 0.25) is 10.0 Å². The maximum atomic E-state index is 14.1. The first-order chi connectivity index (χ1) is 16.8. The molecule has 2 fully saturated rings. The second-order valence-corrected chi connectivity index (χ2v) is 9.51. The minimum absolute atomic E-state index is 0.321. The lowest BCUT2D eigenvalue weighted by Crippen LogP contribution is -2.53. The number of imide groups is 1. The van der Waals surface area contributed by atoms with Crippen LogP contribution in [-0.2, 0) is 11.2 Å². The third-order valence-electron chi connectivity index (χ3n) is 6.72. The Bertz CT molecular complexity index is 1300. The molecule has 1 N–H and O–H groups in total. The van der Waals surface area contributed by atoms with Gasteiger partial charge in [-0.05, 0) is 35.9 Å². The van der Waals surface area contributed by atoms with Crippen LogP contribution in [0.15, 0.2) is 42.5 Å². The molecule has 2 atom stereocenters. The van der Waals surface area contributed by atoms with Gasteiger partial charge in [-0.15, -0.1) is 10.2 Å². The number of likely N-dealkylation sites (N-methyl/N-ethyl adjacent to an activating group) is 1. The highest BCUT2D eigenvalue weighted by Crippen LogP contribution is 2.46. The zero-order valence-electron chi connectivity index (χ0n) is 18.7. The van der Waals surface area contributed by atoms with Crippen molar-refractivity contribution in [3.8, 4) is 6.07 Å². The van der Waals surface area contributed by atoms with Gasteiger partial charge < -0.3 is 4.90 Å². The Kier molecular flexibility index (Phi) is 5.92. The summed E-state index contributed by atoms with van der Waals surface area (Å²) < 4.78 is 0. The van der Waals surface area contributed by atoms with Crippen molar-refractivity contribution in [1.29, 1.82) is 5.26 Å². The minimum atomic E-state index is -1.16. The molecule has 2 aromatic carbocycles. The molecule has 1 spiro atoms. The maximum absolute atomic E-state index is 14.1. The standard InChI is InChI=1S/C23H20Cl2N8O2/c1-31-22(35)33(18-9-16(24)8-17(25)10-18)21(34)23(31)13-32(7-6-20-27-29-30-28-20)12-19(23)15-4-2-14(11-26)3-5-15/h2-5,8-10,19H,6-7,12-13H2,1H3,(H,27,28,29,30)/t19-,23-/m1/s1. The van der Waals surface area contributed by atoms with E-state index in [4.69, 9.17) is 23.2 Å². The van der Waals surface area contributed by atoms with E-state index in [2.05, 4.69) is 31.6 Å². The first-order valence-corrected chi connectivity index (χ1v) is 11.6. The Balaban J connectivity index is 1.54. The van der Waals surface area contributed by atoms with Crippen LogP contribution in [0.5, 0.6) is 0 Å². The van der Waals surface area contributed by atoms with Crippen LogP contribution < -0.4 is 4.90 Å². The molecule has 5 rings (SSSR count). The van der Waals surface area contributed by atoms with Crippen LogP contribution in [0.3, 0.4) is 0 Å². The van der Waals surface area contributed by atoms with Crippen molar-refractivity contribution in [1.82, 2.24) is 30.4 Å². The van der Waals surface area contributed by atoms with Crippen molar-refractivity contribution in [3.63, 3.8) is 0 Å². The number of aromatic amines is 1. The molecule has 1 aromatic heterocycles. The van der Waals surface area contributed by atoms with Crippen LogP contribution in [0.25, 0.3) is 0 Å². The number of rotatable bonds is 5. The van der Waals surface area contributed by atoms with Gasteiger partial charge in [-0.2, -0.15) is 10.5 Å². The Morgan fingerprint density at radius 2 is 1.89 bits per heavy atom. The fourth-order valence-electron chi connectivity index (χ4n) is 5.01. The molecule has 0 radical (unpaired) electrons. The Labute approximate surface area is 211 Å². The van der Waals surface area contributed by atoms with Gasteiger partial charge in [0.2, 0.25) is 0 Å². The number of carbonyl (C=O) groups excluding carboxylic acids is 2. The molecule has 0 saturated carbocycles. The molecule has 2 aliphatic rings. The number of tetrazole rings is 1. The van der Waals surface area contributed by atoms with E-state index in [0.29, 0.717) is 53.2 Å². The third-order valence-corrected chi connectivity index (χ3v) is 7.16. The highest BCUT2D eigenvalue weighted by molar-refractivity contribution is 6.35. The minimum Gasteiger partial charge on any atom is -0.310 e. The topological polar surface area (TPSA) is 122 Å². The molecule has 0 aliphatic carbocycles. The van der Waals surface area contributed by atoms with Gasteiger partial charge >= 0.3 is 6.03 Å². The fourth-order valence-corrected chi connectivity index (χ4v) is 5.52. The van der Waals surface area contributed by atoms with Crippen LogP contribution in [0, 0.1) is 11.3 Å². The number of carbonyl (C=O) groups is 2. The Hall–Kier alpha value is -3.52. The predicted octanol–water partition coefficient (Wildman–Crippen LogP) is 2.86. The normalized spacial score (nSPS) is 22.4. The molecular formula is C23H20Cl2N8O2. The van der Waals surface area contributed by atoms with Gasteiger partial charge in [0.05, 0.1) is 17.3 Å². The number of benzene rings is 2. The van der Waals surface area contributed by atoms with Crippen LogP contribution >= 0.6 is 23.2 Å². The second-order valence-electron chi connectivity index (χ2n) is 8.63. The molecule has 178 valence electrons. The van der Waals surface area contributed by atoms with Gasteiger partial charge in [-0.25, -0.2) is 9.69 Å². The number of hydrogen-bond donors (Lipinski definition) is 1. The number of nitriles is 1. The maximum Gasteiger partial charge on any atom is 0.332 e. The van der Waals surface area contributed by atoms with E-state index in [0.717, 1.165) is 10.5 Å². The first kappa shape index (κ1) is 23.2. The number of anilines is 1. The summed E-state index contributed by atoms with van der Waals surface area (Å²) in [6, 6.07) is 13.5. The summed E-state index contributed by atoms with van der Waals surface area (Å²) in [5.74, 6) is -0.111. The summed E-state index contributed by atoms with van der Waals surface area (Å²) in [5, 5.41) is 23.9. The van der Waals surface area contributed by atoms with Gasteiger partial charge in [-0.3, -0.25) is 9.69 Å². The second kappa shape index (κ2) is 8.92. The molecule has 2 saturated heterocycles. The largest absolute Gasteiger partial charge is 0.332 e. The summed E-state index contributed by atoms with van der Waals surface area (Å²) >= 11 is 12.4. The number of nitrogens with one attached hydrogen (secondary N) is 1. The van der Waals surface area contributed by atoms with E-state index in [1.54, 1.807) is 37.4 Å². The van der Waals surface area contributed by atoms with E-state index >= 15 is 0 Å². The summed E-state index contributed by atoms with van der Waals surface area (Å²) in [6.45, 7) is 1.42. The first-order valence-electron chi connectivity index (χ1n) is 10.9. The molecule has 3 heterocycles. The van der Waals surface area contributed by atoms with Crippen molar-refractivity contribution in [2.24, 2.45) is 0 Å². The van der Waals surface area contributed by atoms with Gasteiger partial charge in [0.1, 0.15) is 5.54 Å². The molecule has 0 unspecified atom stereocenters. The lowest BCUT2D eigenvalue weighted by Gasteiger charge is -2.34. The fraction of sp³-hybridized carbons (Fsp3) is 0.304. The summed E-state index contributed by atoms with van der Waals surface area (Å²) in [4.78, 5) is 32.4. The molecule has 0 bridgehead atoms. The Morgan fingerprint density at radius 3 is 2.51 bits per heavy atom. The molecule has 12 heteroatoms. The quantitative estimate of drug-likeness (QED) is 0.523. The van der Waals surface area contributed by atoms with Gasteiger partial charge in [0.15, 0.2) is 5.82 Å². The number of urea groups is 1. The number of likely N-dealkylation sites (tertiary alicyclic amines) is 1. The molecule has 3 amide bonds. The van der Waals surface area contributed by atoms with Crippen molar-refractivity contribution < 1.29 is 9.59 Å². The zero-order chi connectivity index (χ0) is 24.7. The zero-order valence-corrected chi connectivity index (χ0v) is 20.2. The summed E-state index contributed by atoms with van der Waals surface area (Å²) in [6.07, 6.45) is 0.534. The highest BCUT2D eigenvalue weighted by Gasteiger charge is 2.64. The lowest BCUT2D eigenvalue weighted by molar-refractivity contribution is -0.124. The third kappa shape index (κ3) is 3.91. The van der Waals surface area contributed by atoms with Crippen LogP contribution in [0.1, 0.15) is 22.9 Å². The van der Waals surface area contributed by atoms with E-state index in [9.17, 15) is 14.9 Å². The number of hydrogen-bond acceptors (Lipinski definition) is 7. The van der Waals surface area contributed by atoms with E-state index in [1.165, 1.54) is 4.90 Å². The monoisotopic (exact) mass is 510 g/mol.